The zero-order chi connectivity index (χ0) is 10.3. The van der Waals surface area contributed by atoms with Crippen LogP contribution in [0.3, 0.4) is 0 Å². The van der Waals surface area contributed by atoms with Gasteiger partial charge in [-0.05, 0) is 16.9 Å². The van der Waals surface area contributed by atoms with Crippen LogP contribution in [0.5, 0.6) is 0 Å². The molecule has 5 nitrogen and oxygen atoms in total. The van der Waals surface area contributed by atoms with Crippen LogP contribution in [0, 0.1) is 19.1 Å². The van der Waals surface area contributed by atoms with Gasteiger partial charge in [-0.25, -0.2) is 4.73 Å². The highest BCUT2D eigenvalue weighted by Gasteiger charge is 2.25. The van der Waals surface area contributed by atoms with Crippen molar-refractivity contribution in [2.45, 2.75) is 13.8 Å². The molecule has 2 aromatic heterocycles. The largest absolute Gasteiger partial charge is 0.710 e. The average molecular weight is 194 g/mol. The number of hydrogen-bond acceptors (Lipinski definition) is 3. The molecule has 0 unspecified atom stereocenters. The van der Waals surface area contributed by atoms with E-state index in [0.29, 0.717) is 21.9 Å². The van der Waals surface area contributed by atoms with Gasteiger partial charge in [0.2, 0.25) is 5.76 Å². The Hall–Kier alpha value is -1.91. The molecule has 0 radical (unpaired) electrons. The van der Waals surface area contributed by atoms with Crippen LogP contribution in [0.1, 0.15) is 11.4 Å². The van der Waals surface area contributed by atoms with E-state index in [1.54, 1.807) is 26.0 Å². The van der Waals surface area contributed by atoms with Gasteiger partial charge < -0.3 is 14.8 Å². The summed E-state index contributed by atoms with van der Waals surface area (Å²) in [5.41, 5.74) is 0.963. The van der Waals surface area contributed by atoms with E-state index in [2.05, 4.69) is 0 Å². The first kappa shape index (κ1) is 8.68. The summed E-state index contributed by atoms with van der Waals surface area (Å²) in [5.74, 6) is 0.448. The SMILES string of the molecule is Cc1c(C)[n+]([O-])c(-c2ccco2)n1O. The van der Waals surface area contributed by atoms with Crippen molar-refractivity contribution >= 4 is 0 Å². The Bertz CT molecular complexity index is 431. The van der Waals surface area contributed by atoms with Gasteiger partial charge in [0.05, 0.1) is 6.26 Å². The molecule has 0 aliphatic heterocycles. The minimum Gasteiger partial charge on any atom is -0.710 e. The minimum atomic E-state index is 0.102. The number of aromatic nitrogens is 2. The summed E-state index contributed by atoms with van der Waals surface area (Å²) in [6.45, 7) is 3.30. The van der Waals surface area contributed by atoms with Gasteiger partial charge in [0.1, 0.15) is 5.69 Å². The summed E-state index contributed by atoms with van der Waals surface area (Å²) in [6, 6.07) is 3.28. The number of hydrogen-bond donors (Lipinski definition) is 1. The molecule has 2 heterocycles. The van der Waals surface area contributed by atoms with Gasteiger partial charge in [-0.3, -0.25) is 0 Å². The Morgan fingerprint density at radius 1 is 1.50 bits per heavy atom. The maximum Gasteiger partial charge on any atom is 0.367 e. The summed E-state index contributed by atoms with van der Waals surface area (Å²) >= 11 is 0. The fraction of sp³-hybridized carbons (Fsp3) is 0.222. The van der Waals surface area contributed by atoms with E-state index in [0.717, 1.165) is 4.73 Å². The van der Waals surface area contributed by atoms with Gasteiger partial charge in [0, 0.05) is 13.8 Å². The summed E-state index contributed by atoms with van der Waals surface area (Å²) in [5, 5.41) is 21.2. The molecule has 0 aliphatic carbocycles. The summed E-state index contributed by atoms with van der Waals surface area (Å²) in [7, 11) is 0. The Labute approximate surface area is 80.4 Å². The van der Waals surface area contributed by atoms with Crippen LogP contribution >= 0.6 is 0 Å². The second-order valence-corrected chi connectivity index (χ2v) is 3.08. The van der Waals surface area contributed by atoms with Crippen molar-refractivity contribution in [3.05, 3.63) is 35.0 Å². The predicted octanol–water partition coefficient (Wildman–Crippen LogP) is 1.24. The molecule has 0 spiro atoms. The second kappa shape index (κ2) is 2.80. The summed E-state index contributed by atoms with van der Waals surface area (Å²) in [6.07, 6.45) is 1.45. The molecule has 0 aromatic carbocycles. The normalized spacial score (nSPS) is 10.7. The van der Waals surface area contributed by atoms with E-state index in [1.807, 2.05) is 0 Å². The molecule has 2 rings (SSSR count). The molecule has 74 valence electrons. The van der Waals surface area contributed by atoms with Crippen LogP contribution in [-0.4, -0.2) is 9.94 Å². The van der Waals surface area contributed by atoms with Crippen LogP contribution in [0.15, 0.2) is 22.8 Å². The summed E-state index contributed by atoms with van der Waals surface area (Å²) < 4.78 is 6.53. The molecule has 0 bridgehead atoms. The quantitative estimate of drug-likeness (QED) is 0.422. The highest BCUT2D eigenvalue weighted by atomic mass is 16.5. The molecule has 2 aromatic rings. The molecule has 0 aliphatic rings. The van der Waals surface area contributed by atoms with Crippen molar-refractivity contribution in [2.75, 3.05) is 0 Å². The molecule has 0 saturated carbocycles. The highest BCUT2D eigenvalue weighted by molar-refractivity contribution is 5.44. The van der Waals surface area contributed by atoms with E-state index < -0.39 is 0 Å². The van der Waals surface area contributed by atoms with Gasteiger partial charge in [0.25, 0.3) is 0 Å². The standard InChI is InChI=1S/C9H10N2O3/c1-6-7(2)11(13)9(10(6)12)8-4-3-5-14-8/h3-5,12H,1-2H3. The number of furan rings is 1. The lowest BCUT2D eigenvalue weighted by atomic mass is 10.4. The van der Waals surface area contributed by atoms with Crippen molar-refractivity contribution in [3.8, 4) is 11.6 Å². The number of rotatable bonds is 1. The summed E-state index contributed by atoms with van der Waals surface area (Å²) in [4.78, 5) is 0. The first-order chi connectivity index (χ1) is 6.63. The third-order valence-corrected chi connectivity index (χ3v) is 2.28. The Balaban J connectivity index is 2.71. The van der Waals surface area contributed by atoms with Crippen LogP contribution in [0.2, 0.25) is 0 Å². The minimum absolute atomic E-state index is 0.102. The van der Waals surface area contributed by atoms with Crippen molar-refractivity contribution in [1.82, 2.24) is 4.73 Å². The molecule has 5 heteroatoms. The predicted molar refractivity (Wildman–Crippen MR) is 47.8 cm³/mol. The lowest BCUT2D eigenvalue weighted by molar-refractivity contribution is -0.601. The number of nitrogens with zero attached hydrogens (tertiary/aromatic N) is 2. The van der Waals surface area contributed by atoms with Crippen molar-refractivity contribution in [3.63, 3.8) is 0 Å². The number of imidazole rings is 1. The van der Waals surface area contributed by atoms with Crippen LogP contribution in [0.4, 0.5) is 0 Å². The third kappa shape index (κ3) is 0.985. The van der Waals surface area contributed by atoms with E-state index >= 15 is 0 Å². The second-order valence-electron chi connectivity index (χ2n) is 3.08. The first-order valence-corrected chi connectivity index (χ1v) is 4.17. The Morgan fingerprint density at radius 3 is 2.64 bits per heavy atom. The lowest BCUT2D eigenvalue weighted by Crippen LogP contribution is -2.30. The van der Waals surface area contributed by atoms with Gasteiger partial charge in [0.15, 0.2) is 5.69 Å². The van der Waals surface area contributed by atoms with E-state index in [9.17, 15) is 10.4 Å². The lowest BCUT2D eigenvalue weighted by Gasteiger charge is -2.00. The molecule has 0 fully saturated rings. The molecular weight excluding hydrogens is 184 g/mol. The van der Waals surface area contributed by atoms with Crippen LogP contribution in [-0.2, 0) is 0 Å². The Morgan fingerprint density at radius 2 is 2.21 bits per heavy atom. The first-order valence-electron chi connectivity index (χ1n) is 4.17. The maximum atomic E-state index is 11.6. The smallest absolute Gasteiger partial charge is 0.367 e. The van der Waals surface area contributed by atoms with Gasteiger partial charge in [-0.15, -0.1) is 0 Å². The fourth-order valence-corrected chi connectivity index (χ4v) is 1.31. The van der Waals surface area contributed by atoms with Crippen LogP contribution in [0.25, 0.3) is 11.6 Å². The molecule has 0 amide bonds. The van der Waals surface area contributed by atoms with E-state index in [1.165, 1.54) is 6.26 Å². The van der Waals surface area contributed by atoms with E-state index in [4.69, 9.17) is 4.42 Å². The maximum absolute atomic E-state index is 11.6. The molecule has 0 saturated heterocycles. The van der Waals surface area contributed by atoms with Gasteiger partial charge in [-0.1, -0.05) is 0 Å². The van der Waals surface area contributed by atoms with Crippen LogP contribution < -0.4 is 4.73 Å². The molecule has 0 atom stereocenters. The molecular formula is C9H10N2O3. The highest BCUT2D eigenvalue weighted by Crippen LogP contribution is 2.18. The van der Waals surface area contributed by atoms with Gasteiger partial charge >= 0.3 is 5.82 Å². The van der Waals surface area contributed by atoms with Gasteiger partial charge in [-0.2, -0.15) is 0 Å². The Kier molecular flexibility index (Phi) is 1.73. The third-order valence-electron chi connectivity index (χ3n) is 2.28. The van der Waals surface area contributed by atoms with Crippen molar-refractivity contribution in [2.24, 2.45) is 0 Å². The van der Waals surface area contributed by atoms with Crippen molar-refractivity contribution < 1.29 is 14.4 Å². The molecule has 14 heavy (non-hydrogen) atoms. The molecule has 1 N–H and O–H groups in total. The fourth-order valence-electron chi connectivity index (χ4n) is 1.31. The topological polar surface area (TPSA) is 65.2 Å². The van der Waals surface area contributed by atoms with Crippen molar-refractivity contribution in [1.29, 1.82) is 0 Å². The monoisotopic (exact) mass is 194 g/mol. The zero-order valence-electron chi connectivity index (χ0n) is 7.89. The average Bonchev–Trinajstić information content (AvgIpc) is 2.73. The van der Waals surface area contributed by atoms with E-state index in [-0.39, 0.29) is 5.82 Å². The zero-order valence-corrected chi connectivity index (χ0v) is 7.89.